The van der Waals surface area contributed by atoms with Crippen molar-refractivity contribution in [1.82, 2.24) is 10.3 Å². The number of aryl methyl sites for hydroxylation is 1. The maximum Gasteiger partial charge on any atom is 0.251 e. The quantitative estimate of drug-likeness (QED) is 0.447. The Morgan fingerprint density at radius 3 is 2.56 bits per heavy atom. The summed E-state index contributed by atoms with van der Waals surface area (Å²) < 4.78 is 5.74. The number of carbonyl (C=O) groups is 2. The minimum Gasteiger partial charge on any atom is -0.438 e. The van der Waals surface area contributed by atoms with Gasteiger partial charge in [-0.15, -0.1) is 0 Å². The van der Waals surface area contributed by atoms with E-state index in [4.69, 9.17) is 16.3 Å². The highest BCUT2D eigenvalue weighted by Crippen LogP contribution is 2.27. The third-order valence-corrected chi connectivity index (χ3v) is 5.70. The van der Waals surface area contributed by atoms with E-state index in [1.165, 1.54) is 0 Å². The maximum absolute atomic E-state index is 13.1. The molecule has 0 aliphatic heterocycles. The number of hydrogen-bond acceptors (Lipinski definition) is 5. The number of aromatic nitrogens is 1. The number of hydrogen-bond donors (Lipinski definition) is 2. The monoisotopic (exact) mass is 476 g/mol. The third kappa shape index (κ3) is 6.12. The van der Waals surface area contributed by atoms with Crippen LogP contribution in [-0.4, -0.2) is 22.8 Å². The van der Waals surface area contributed by atoms with E-state index >= 15 is 0 Å². The Balaban J connectivity index is 1.74. The Morgan fingerprint density at radius 2 is 1.91 bits per heavy atom. The molecule has 2 unspecified atom stereocenters. The molecule has 1 aromatic heterocycles. The van der Waals surface area contributed by atoms with Crippen molar-refractivity contribution in [2.24, 2.45) is 5.92 Å². The summed E-state index contributed by atoms with van der Waals surface area (Å²) >= 11 is 5.90. The topological polar surface area (TPSA) is 104 Å². The summed E-state index contributed by atoms with van der Waals surface area (Å²) in [5, 5.41) is 15.5. The number of ether oxygens (including phenoxy) is 1. The summed E-state index contributed by atoms with van der Waals surface area (Å²) in [5.41, 5.74) is 2.10. The molecule has 0 aliphatic carbocycles. The molecule has 2 N–H and O–H groups in total. The lowest BCUT2D eigenvalue weighted by Crippen LogP contribution is -2.47. The normalized spacial score (nSPS) is 12.2. The Kier molecular flexibility index (Phi) is 8.23. The largest absolute Gasteiger partial charge is 0.438 e. The first kappa shape index (κ1) is 24.7. The van der Waals surface area contributed by atoms with Gasteiger partial charge < -0.3 is 15.4 Å². The van der Waals surface area contributed by atoms with Crippen LogP contribution in [0.2, 0.25) is 5.02 Å². The fraction of sp³-hybridized carbons (Fsp3) is 0.231. The second-order valence-corrected chi connectivity index (χ2v) is 8.32. The van der Waals surface area contributed by atoms with E-state index < -0.39 is 6.04 Å². The van der Waals surface area contributed by atoms with E-state index in [1.54, 1.807) is 60.8 Å². The zero-order valence-corrected chi connectivity index (χ0v) is 19.9. The second-order valence-electron chi connectivity index (χ2n) is 7.88. The van der Waals surface area contributed by atoms with Crippen LogP contribution in [0.15, 0.2) is 60.8 Å². The number of amides is 2. The van der Waals surface area contributed by atoms with Crippen LogP contribution in [0.4, 0.5) is 5.69 Å². The van der Waals surface area contributed by atoms with Crippen LogP contribution in [-0.2, 0) is 4.79 Å². The number of anilines is 1. The van der Waals surface area contributed by atoms with Gasteiger partial charge in [0.15, 0.2) is 0 Å². The van der Waals surface area contributed by atoms with Crippen LogP contribution < -0.4 is 15.4 Å². The number of pyridine rings is 1. The molecule has 0 saturated heterocycles. The van der Waals surface area contributed by atoms with Crippen molar-refractivity contribution < 1.29 is 14.3 Å². The molecule has 8 heteroatoms. The summed E-state index contributed by atoms with van der Waals surface area (Å²) in [6.45, 7) is 5.70. The van der Waals surface area contributed by atoms with Crippen molar-refractivity contribution in [1.29, 1.82) is 5.26 Å². The van der Waals surface area contributed by atoms with Crippen molar-refractivity contribution in [2.45, 2.75) is 33.2 Å². The van der Waals surface area contributed by atoms with Crippen molar-refractivity contribution in [3.8, 4) is 17.7 Å². The van der Waals surface area contributed by atoms with Gasteiger partial charge in [-0.3, -0.25) is 9.59 Å². The number of benzene rings is 2. The van der Waals surface area contributed by atoms with Gasteiger partial charge in [-0.25, -0.2) is 4.98 Å². The third-order valence-electron chi connectivity index (χ3n) is 5.45. The average molecular weight is 477 g/mol. The van der Waals surface area contributed by atoms with Crippen molar-refractivity contribution in [3.05, 3.63) is 82.5 Å². The molecule has 2 amide bonds. The van der Waals surface area contributed by atoms with Gasteiger partial charge in [-0.1, -0.05) is 31.9 Å². The molecule has 0 radical (unpaired) electrons. The van der Waals surface area contributed by atoms with Crippen LogP contribution in [0.25, 0.3) is 0 Å². The Bertz CT molecular complexity index is 1220. The highest BCUT2D eigenvalue weighted by atomic mass is 35.5. The van der Waals surface area contributed by atoms with Crippen LogP contribution in [0.3, 0.4) is 0 Å². The highest BCUT2D eigenvalue weighted by molar-refractivity contribution is 6.30. The number of nitrogens with zero attached hydrogens (tertiary/aromatic N) is 2. The van der Waals surface area contributed by atoms with Gasteiger partial charge in [0.05, 0.1) is 0 Å². The van der Waals surface area contributed by atoms with E-state index in [1.807, 2.05) is 26.8 Å². The molecule has 2 aromatic carbocycles. The van der Waals surface area contributed by atoms with Crippen LogP contribution >= 0.6 is 11.6 Å². The Hall–Kier alpha value is -3.89. The van der Waals surface area contributed by atoms with Crippen molar-refractivity contribution >= 4 is 29.1 Å². The van der Waals surface area contributed by atoms with E-state index in [2.05, 4.69) is 15.6 Å². The molecule has 7 nitrogen and oxygen atoms in total. The molecule has 3 rings (SSSR count). The summed E-state index contributed by atoms with van der Waals surface area (Å²) in [6, 6.07) is 16.2. The number of carbonyl (C=O) groups excluding carboxylic acids is 2. The summed E-state index contributed by atoms with van der Waals surface area (Å²) in [7, 11) is 0. The summed E-state index contributed by atoms with van der Waals surface area (Å²) in [5.74, 6) is -0.0537. The number of nitrogens with one attached hydrogen (secondary N) is 2. The van der Waals surface area contributed by atoms with E-state index in [0.29, 0.717) is 34.0 Å². The molecule has 34 heavy (non-hydrogen) atoms. The van der Waals surface area contributed by atoms with Gasteiger partial charge in [0, 0.05) is 22.5 Å². The molecule has 0 fully saturated rings. The van der Waals surface area contributed by atoms with Crippen LogP contribution in [0.5, 0.6) is 11.6 Å². The minimum absolute atomic E-state index is 0.0901. The van der Waals surface area contributed by atoms with Gasteiger partial charge in [-0.05, 0) is 73.0 Å². The maximum atomic E-state index is 13.1. The zero-order chi connectivity index (χ0) is 24.7. The lowest BCUT2D eigenvalue weighted by atomic mass is 9.97. The molecule has 0 aliphatic rings. The fourth-order valence-corrected chi connectivity index (χ4v) is 3.37. The van der Waals surface area contributed by atoms with Gasteiger partial charge in [-0.2, -0.15) is 5.26 Å². The molecule has 0 spiro atoms. The van der Waals surface area contributed by atoms with Gasteiger partial charge in [0.1, 0.15) is 23.4 Å². The number of nitriles is 1. The van der Waals surface area contributed by atoms with Crippen LogP contribution in [0.1, 0.15) is 41.8 Å². The molecule has 2 atom stereocenters. The van der Waals surface area contributed by atoms with E-state index in [9.17, 15) is 14.9 Å². The lowest BCUT2D eigenvalue weighted by molar-refractivity contribution is -0.119. The number of rotatable bonds is 8. The first-order chi connectivity index (χ1) is 16.3. The molecule has 1 heterocycles. The second kappa shape index (κ2) is 11.3. The highest BCUT2D eigenvalue weighted by Gasteiger charge is 2.27. The predicted octanol–water partition coefficient (Wildman–Crippen LogP) is 5.49. The Labute approximate surface area is 203 Å². The van der Waals surface area contributed by atoms with Crippen LogP contribution in [0, 0.1) is 24.2 Å². The molecular weight excluding hydrogens is 452 g/mol. The van der Waals surface area contributed by atoms with Gasteiger partial charge in [0.25, 0.3) is 5.91 Å². The molecule has 174 valence electrons. The first-order valence-electron chi connectivity index (χ1n) is 10.8. The Morgan fingerprint density at radius 1 is 1.18 bits per heavy atom. The SMILES string of the molecule is CCC(C)C(NC(=O)c1ccc(Cl)cc1)C(=O)Nc1ccc(Oc2ncccc2C#N)cc1C. The predicted molar refractivity (Wildman–Crippen MR) is 131 cm³/mol. The molecular formula is C26H25ClN4O3. The molecule has 3 aromatic rings. The van der Waals surface area contributed by atoms with Gasteiger partial charge >= 0.3 is 0 Å². The van der Waals surface area contributed by atoms with Crippen molar-refractivity contribution in [2.75, 3.05) is 5.32 Å². The fourth-order valence-electron chi connectivity index (χ4n) is 3.25. The zero-order valence-electron chi connectivity index (χ0n) is 19.1. The summed E-state index contributed by atoms with van der Waals surface area (Å²) in [6.07, 6.45) is 2.25. The number of halogens is 1. The van der Waals surface area contributed by atoms with Crippen molar-refractivity contribution in [3.63, 3.8) is 0 Å². The smallest absolute Gasteiger partial charge is 0.251 e. The standard InChI is InChI=1S/C26H25ClN4O3/c1-4-16(2)23(31-24(32)18-7-9-20(27)10-8-18)25(33)30-22-12-11-21(14-17(22)3)34-26-19(15-28)6-5-13-29-26/h5-14,16,23H,4H2,1-3H3,(H,30,33)(H,31,32). The van der Waals surface area contributed by atoms with E-state index in [-0.39, 0.29) is 23.6 Å². The minimum atomic E-state index is -0.727. The summed E-state index contributed by atoms with van der Waals surface area (Å²) in [4.78, 5) is 29.9. The van der Waals surface area contributed by atoms with Gasteiger partial charge in [0.2, 0.25) is 11.8 Å². The first-order valence-corrected chi connectivity index (χ1v) is 11.2. The van der Waals surface area contributed by atoms with E-state index in [0.717, 1.165) is 5.56 Å². The molecule has 0 saturated carbocycles. The molecule has 0 bridgehead atoms. The average Bonchev–Trinajstić information content (AvgIpc) is 2.84. The lowest BCUT2D eigenvalue weighted by Gasteiger charge is -2.24.